The number of piperidine rings is 1. The molecule has 3 aromatic rings. The first-order chi connectivity index (χ1) is 16.5. The van der Waals surface area contributed by atoms with Gasteiger partial charge >= 0.3 is 6.36 Å². The fourth-order valence-electron chi connectivity index (χ4n) is 4.31. The Morgan fingerprint density at radius 1 is 1.17 bits per heavy atom. The van der Waals surface area contributed by atoms with Gasteiger partial charge in [-0.05, 0) is 57.0 Å². The van der Waals surface area contributed by atoms with Crippen LogP contribution in [0.3, 0.4) is 0 Å². The second-order valence-corrected chi connectivity index (χ2v) is 11.7. The van der Waals surface area contributed by atoms with Gasteiger partial charge in [-0.2, -0.15) is 0 Å². The molecule has 0 saturated carbocycles. The van der Waals surface area contributed by atoms with E-state index >= 15 is 0 Å². The van der Waals surface area contributed by atoms with Gasteiger partial charge < -0.3 is 15.4 Å². The van der Waals surface area contributed by atoms with Crippen molar-refractivity contribution in [2.75, 3.05) is 6.54 Å². The number of thiazole rings is 1. The first-order valence-corrected chi connectivity index (χ1v) is 13.4. The molecule has 4 rings (SSSR count). The molecule has 0 amide bonds. The van der Waals surface area contributed by atoms with Crippen LogP contribution in [0.2, 0.25) is 0 Å². The van der Waals surface area contributed by atoms with Crippen molar-refractivity contribution in [3.63, 3.8) is 0 Å². The van der Waals surface area contributed by atoms with Crippen LogP contribution in [-0.2, 0) is 16.4 Å². The predicted molar refractivity (Wildman–Crippen MR) is 127 cm³/mol. The topological polar surface area (TPSA) is 80.3 Å². The van der Waals surface area contributed by atoms with Gasteiger partial charge in [0.25, 0.3) is 0 Å². The highest BCUT2D eigenvalue weighted by Gasteiger charge is 2.33. The molecule has 1 aliphatic rings. The molecule has 2 aromatic carbocycles. The molecule has 1 aliphatic heterocycles. The van der Waals surface area contributed by atoms with E-state index in [0.29, 0.717) is 10.7 Å². The van der Waals surface area contributed by atoms with Crippen LogP contribution in [0.4, 0.5) is 13.2 Å². The zero-order chi connectivity index (χ0) is 25.2. The van der Waals surface area contributed by atoms with E-state index in [2.05, 4.69) is 20.4 Å². The first-order valence-electron chi connectivity index (χ1n) is 11.1. The van der Waals surface area contributed by atoms with Gasteiger partial charge in [0.1, 0.15) is 9.96 Å². The van der Waals surface area contributed by atoms with Crippen LogP contribution in [0.25, 0.3) is 0 Å². The highest BCUT2D eigenvalue weighted by molar-refractivity contribution is 7.93. The van der Waals surface area contributed by atoms with Gasteiger partial charge in [0.05, 0.1) is 15.6 Å². The summed E-state index contributed by atoms with van der Waals surface area (Å²) >= 11 is 1.04. The predicted octanol–water partition coefficient (Wildman–Crippen LogP) is 5.07. The van der Waals surface area contributed by atoms with E-state index < -0.39 is 21.9 Å². The molecule has 2 atom stereocenters. The normalized spacial score (nSPS) is 19.0. The van der Waals surface area contributed by atoms with Crippen molar-refractivity contribution in [2.24, 2.45) is 0 Å². The molecule has 2 N–H and O–H groups in total. The lowest BCUT2D eigenvalue weighted by Crippen LogP contribution is -2.45. The van der Waals surface area contributed by atoms with Gasteiger partial charge in [0.15, 0.2) is 0 Å². The first kappa shape index (κ1) is 25.6. The number of aromatic nitrogens is 1. The van der Waals surface area contributed by atoms with Gasteiger partial charge in [-0.15, -0.1) is 24.5 Å². The number of nitrogens with zero attached hydrogens (tertiary/aromatic N) is 1. The molecule has 0 unspecified atom stereocenters. The van der Waals surface area contributed by atoms with Crippen molar-refractivity contribution in [3.05, 3.63) is 70.4 Å². The van der Waals surface area contributed by atoms with E-state index in [9.17, 15) is 21.6 Å². The molecule has 0 bridgehead atoms. The average Bonchev–Trinajstić information content (AvgIpc) is 3.16. The monoisotopic (exact) mass is 525 g/mol. The van der Waals surface area contributed by atoms with Crippen LogP contribution >= 0.6 is 11.3 Å². The van der Waals surface area contributed by atoms with Crippen LogP contribution in [0.1, 0.15) is 40.7 Å². The smallest absolute Gasteiger partial charge is 0.405 e. The number of halogens is 3. The quantitative estimate of drug-likeness (QED) is 0.448. The van der Waals surface area contributed by atoms with E-state index in [1.165, 1.54) is 6.07 Å². The van der Waals surface area contributed by atoms with Crippen LogP contribution in [-0.4, -0.2) is 32.4 Å². The fourth-order valence-corrected chi connectivity index (χ4v) is 7.24. The Balaban J connectivity index is 1.64. The minimum atomic E-state index is -4.90. The summed E-state index contributed by atoms with van der Waals surface area (Å²) < 4.78 is 70.0. The Morgan fingerprint density at radius 3 is 2.57 bits per heavy atom. The maximum absolute atomic E-state index is 13.2. The molecule has 0 radical (unpaired) electrons. The molecule has 1 saturated heterocycles. The molecule has 0 spiro atoms. The number of aryl methyl sites for hydroxylation is 2. The zero-order valence-electron chi connectivity index (χ0n) is 19.2. The number of nitrogens with one attached hydrogen (secondary N) is 2. The fraction of sp³-hybridized carbons (Fsp3) is 0.375. The van der Waals surface area contributed by atoms with E-state index in [1.807, 2.05) is 30.3 Å². The Morgan fingerprint density at radius 2 is 1.91 bits per heavy atom. The summed E-state index contributed by atoms with van der Waals surface area (Å²) in [7, 11) is -3.95. The lowest BCUT2D eigenvalue weighted by atomic mass is 9.92. The molecule has 1 fully saturated rings. The molecule has 188 valence electrons. The summed E-state index contributed by atoms with van der Waals surface area (Å²) in [6, 6.07) is 13.2. The van der Waals surface area contributed by atoms with Crippen LogP contribution in [0.5, 0.6) is 5.75 Å². The average molecular weight is 526 g/mol. The molecule has 35 heavy (non-hydrogen) atoms. The molecule has 1 aromatic heterocycles. The van der Waals surface area contributed by atoms with E-state index in [4.69, 9.17) is 0 Å². The number of alkyl halides is 3. The molecule has 11 heteroatoms. The summed E-state index contributed by atoms with van der Waals surface area (Å²) in [4.78, 5) is 4.07. The third-order valence-electron chi connectivity index (χ3n) is 5.84. The van der Waals surface area contributed by atoms with Crippen molar-refractivity contribution >= 4 is 21.2 Å². The lowest BCUT2D eigenvalue weighted by molar-refractivity contribution is -0.274. The molecular weight excluding hydrogens is 499 g/mol. The Labute approximate surface area is 206 Å². The van der Waals surface area contributed by atoms with Gasteiger partial charge in [0, 0.05) is 24.2 Å². The minimum Gasteiger partial charge on any atom is -0.405 e. The van der Waals surface area contributed by atoms with Crippen molar-refractivity contribution in [3.8, 4) is 5.75 Å². The van der Waals surface area contributed by atoms with Gasteiger partial charge in [-0.25, -0.2) is 13.4 Å². The summed E-state index contributed by atoms with van der Waals surface area (Å²) in [5, 5.41) is 7.39. The molecule has 6 nitrogen and oxygen atoms in total. The summed E-state index contributed by atoms with van der Waals surface area (Å²) in [5.41, 5.74) is 1.55. The second kappa shape index (κ2) is 10.3. The van der Waals surface area contributed by atoms with Crippen molar-refractivity contribution in [1.82, 2.24) is 15.6 Å². The third-order valence-corrected chi connectivity index (χ3v) is 9.28. The van der Waals surface area contributed by atoms with Crippen molar-refractivity contribution < 1.29 is 26.3 Å². The minimum absolute atomic E-state index is 0.00511. The third kappa shape index (κ3) is 6.03. The maximum atomic E-state index is 13.2. The van der Waals surface area contributed by atoms with Gasteiger partial charge in [-0.3, -0.25) is 0 Å². The van der Waals surface area contributed by atoms with Gasteiger partial charge in [0.2, 0.25) is 9.84 Å². The Kier molecular flexibility index (Phi) is 7.51. The van der Waals surface area contributed by atoms with Gasteiger partial charge in [-0.1, -0.05) is 30.3 Å². The van der Waals surface area contributed by atoms with Crippen LogP contribution < -0.4 is 15.4 Å². The lowest BCUT2D eigenvalue weighted by Gasteiger charge is -2.34. The molecular formula is C24H26F3N3O3S2. The SMILES string of the molecule is Cc1nc(C)c(S(=O)(=O)c2ccc(OC(F)(F)F)c(CN[C@H]3CCCN[C@@H]3c3ccccc3)c2)s1. The number of hydrogen-bond acceptors (Lipinski definition) is 7. The highest BCUT2D eigenvalue weighted by Crippen LogP contribution is 2.34. The van der Waals surface area contributed by atoms with E-state index in [1.54, 1.807) is 13.8 Å². The number of hydrogen-bond donors (Lipinski definition) is 2. The van der Waals surface area contributed by atoms with E-state index in [0.717, 1.165) is 48.4 Å². The summed E-state index contributed by atoms with van der Waals surface area (Å²) in [6.45, 7) is 4.14. The summed E-state index contributed by atoms with van der Waals surface area (Å²) in [6.07, 6.45) is -3.18. The zero-order valence-corrected chi connectivity index (χ0v) is 20.9. The maximum Gasteiger partial charge on any atom is 0.573 e. The van der Waals surface area contributed by atoms with Crippen LogP contribution in [0, 0.1) is 13.8 Å². The van der Waals surface area contributed by atoms with Crippen molar-refractivity contribution in [2.45, 2.75) is 60.8 Å². The number of ether oxygens (including phenoxy) is 1. The molecule has 2 heterocycles. The Bertz CT molecular complexity index is 1280. The molecule has 0 aliphatic carbocycles. The highest BCUT2D eigenvalue weighted by atomic mass is 32.2. The number of rotatable bonds is 7. The van der Waals surface area contributed by atoms with Crippen molar-refractivity contribution in [1.29, 1.82) is 0 Å². The van der Waals surface area contributed by atoms with E-state index in [-0.39, 0.29) is 33.3 Å². The number of benzene rings is 2. The van der Waals surface area contributed by atoms with Crippen LogP contribution in [0.15, 0.2) is 57.6 Å². The summed E-state index contributed by atoms with van der Waals surface area (Å²) in [5.74, 6) is -0.429. The standard InChI is InChI=1S/C24H26F3N3O3S2/c1-15-23(34-16(2)30-15)35(31,32)19-10-11-21(33-24(25,26)27)18(13-19)14-29-20-9-6-12-28-22(20)17-7-4-3-5-8-17/h3-5,7-8,10-11,13,20,22,28-29H,6,9,12,14H2,1-2H3/t20-,22+/m0/s1. The second-order valence-electron chi connectivity index (χ2n) is 8.40. The largest absolute Gasteiger partial charge is 0.573 e. The number of sulfone groups is 1. The Hall–Kier alpha value is -2.47.